The van der Waals surface area contributed by atoms with Crippen molar-refractivity contribution in [1.29, 1.82) is 0 Å². The summed E-state index contributed by atoms with van der Waals surface area (Å²) in [7, 11) is 0. The predicted molar refractivity (Wildman–Crippen MR) is 61.2 cm³/mol. The van der Waals surface area contributed by atoms with Crippen LogP contribution >= 0.6 is 0 Å². The van der Waals surface area contributed by atoms with E-state index in [9.17, 15) is 9.59 Å². The molecule has 0 bridgehead atoms. The van der Waals surface area contributed by atoms with Crippen LogP contribution in [0.15, 0.2) is 18.2 Å². The Kier molecular flexibility index (Phi) is 3.04. The highest BCUT2D eigenvalue weighted by molar-refractivity contribution is 5.94. The monoisotopic (exact) mass is 217 g/mol. The van der Waals surface area contributed by atoms with Crippen molar-refractivity contribution in [3.8, 4) is 0 Å². The number of ketones is 1. The van der Waals surface area contributed by atoms with E-state index >= 15 is 0 Å². The third-order valence-corrected chi connectivity index (χ3v) is 3.03. The molecular formula is C13H15NO2. The summed E-state index contributed by atoms with van der Waals surface area (Å²) in [4.78, 5) is 23.8. The average Bonchev–Trinajstić information content (AvgIpc) is 2.49. The van der Waals surface area contributed by atoms with Crippen LogP contribution in [-0.4, -0.2) is 23.6 Å². The van der Waals surface area contributed by atoms with Gasteiger partial charge in [-0.2, -0.15) is 0 Å². The molecule has 3 nitrogen and oxygen atoms in total. The van der Waals surface area contributed by atoms with E-state index in [2.05, 4.69) is 0 Å². The van der Waals surface area contributed by atoms with E-state index in [1.807, 2.05) is 18.2 Å². The molecule has 3 heteroatoms. The Balaban J connectivity index is 2.36. The summed E-state index contributed by atoms with van der Waals surface area (Å²) in [6, 6.07) is 5.80. The molecule has 0 aromatic heterocycles. The zero-order chi connectivity index (χ0) is 11.5. The van der Waals surface area contributed by atoms with E-state index in [1.165, 1.54) is 5.56 Å². The standard InChI is InChI=1S/C13H15NO2/c1-10(16)12-5-4-11-3-2-6-14(9-15)8-13(11)7-12/h4-5,7,9H,2-3,6,8H2,1H3. The van der Waals surface area contributed by atoms with Crippen molar-refractivity contribution in [2.24, 2.45) is 0 Å². The van der Waals surface area contributed by atoms with Crippen molar-refractivity contribution in [3.63, 3.8) is 0 Å². The summed E-state index contributed by atoms with van der Waals surface area (Å²) < 4.78 is 0. The molecule has 0 radical (unpaired) electrons. The van der Waals surface area contributed by atoms with E-state index in [0.29, 0.717) is 6.54 Å². The smallest absolute Gasteiger partial charge is 0.210 e. The SMILES string of the molecule is CC(=O)c1ccc2c(c1)CN(C=O)CCC2. The number of rotatable bonds is 2. The molecule has 2 rings (SSSR count). The molecule has 1 amide bonds. The molecule has 84 valence electrons. The van der Waals surface area contributed by atoms with Gasteiger partial charge in [0.2, 0.25) is 6.41 Å². The molecule has 0 atom stereocenters. The van der Waals surface area contributed by atoms with Crippen LogP contribution in [0.25, 0.3) is 0 Å². The molecule has 1 aliphatic rings. The molecule has 1 heterocycles. The van der Waals surface area contributed by atoms with Crippen LogP contribution in [0.4, 0.5) is 0 Å². The number of carbonyl (C=O) groups is 2. The summed E-state index contributed by atoms with van der Waals surface area (Å²) in [5.74, 6) is 0.0738. The van der Waals surface area contributed by atoms with Crippen LogP contribution in [0.2, 0.25) is 0 Å². The Labute approximate surface area is 95.1 Å². The van der Waals surface area contributed by atoms with Crippen molar-refractivity contribution < 1.29 is 9.59 Å². The van der Waals surface area contributed by atoms with Crippen LogP contribution in [0.5, 0.6) is 0 Å². The van der Waals surface area contributed by atoms with E-state index < -0.39 is 0 Å². The fraction of sp³-hybridized carbons (Fsp3) is 0.385. The summed E-state index contributed by atoms with van der Waals surface area (Å²) in [5, 5.41) is 0. The predicted octanol–water partition coefficient (Wildman–Crippen LogP) is 1.79. The third kappa shape index (κ3) is 2.13. The lowest BCUT2D eigenvalue weighted by molar-refractivity contribution is -0.118. The summed E-state index contributed by atoms with van der Waals surface area (Å²) in [6.07, 6.45) is 2.86. The molecule has 0 N–H and O–H groups in total. The lowest BCUT2D eigenvalue weighted by atomic mass is 10.00. The Morgan fingerprint density at radius 2 is 2.19 bits per heavy atom. The minimum absolute atomic E-state index is 0.0738. The van der Waals surface area contributed by atoms with Gasteiger partial charge in [0.1, 0.15) is 0 Å². The number of carbonyl (C=O) groups excluding carboxylic acids is 2. The first-order chi connectivity index (χ1) is 7.70. The lowest BCUT2D eigenvalue weighted by Gasteiger charge is -2.14. The van der Waals surface area contributed by atoms with E-state index in [0.717, 1.165) is 36.9 Å². The fourth-order valence-corrected chi connectivity index (χ4v) is 2.10. The molecule has 0 spiro atoms. The summed E-state index contributed by atoms with van der Waals surface area (Å²) in [6.45, 7) is 2.99. The highest BCUT2D eigenvalue weighted by Gasteiger charge is 2.13. The summed E-state index contributed by atoms with van der Waals surface area (Å²) >= 11 is 0. The van der Waals surface area contributed by atoms with Crippen molar-refractivity contribution in [2.45, 2.75) is 26.3 Å². The zero-order valence-electron chi connectivity index (χ0n) is 9.40. The average molecular weight is 217 g/mol. The van der Waals surface area contributed by atoms with Crippen LogP contribution in [0.1, 0.15) is 34.8 Å². The first-order valence-corrected chi connectivity index (χ1v) is 5.53. The number of benzene rings is 1. The molecule has 1 aliphatic heterocycles. The minimum atomic E-state index is 0.0738. The first-order valence-electron chi connectivity index (χ1n) is 5.53. The maximum Gasteiger partial charge on any atom is 0.210 e. The quantitative estimate of drug-likeness (QED) is 0.559. The van der Waals surface area contributed by atoms with Crippen molar-refractivity contribution in [1.82, 2.24) is 4.90 Å². The van der Waals surface area contributed by atoms with Gasteiger partial charge in [-0.15, -0.1) is 0 Å². The number of fused-ring (bicyclic) bond motifs is 1. The molecular weight excluding hydrogens is 202 g/mol. The van der Waals surface area contributed by atoms with Gasteiger partial charge in [0.05, 0.1) is 0 Å². The lowest BCUT2D eigenvalue weighted by Crippen LogP contribution is -2.21. The maximum absolute atomic E-state index is 11.3. The number of nitrogens with zero attached hydrogens (tertiary/aromatic N) is 1. The van der Waals surface area contributed by atoms with Gasteiger partial charge in [0.25, 0.3) is 0 Å². The van der Waals surface area contributed by atoms with E-state index in [4.69, 9.17) is 0 Å². The molecule has 1 aromatic rings. The molecule has 0 saturated heterocycles. The fourth-order valence-electron chi connectivity index (χ4n) is 2.10. The minimum Gasteiger partial charge on any atom is -0.341 e. The summed E-state index contributed by atoms with van der Waals surface area (Å²) in [5.41, 5.74) is 3.10. The number of amides is 1. The van der Waals surface area contributed by atoms with Gasteiger partial charge in [-0.25, -0.2) is 0 Å². The highest BCUT2D eigenvalue weighted by Crippen LogP contribution is 2.19. The molecule has 0 aliphatic carbocycles. The van der Waals surface area contributed by atoms with Crippen molar-refractivity contribution >= 4 is 12.2 Å². The van der Waals surface area contributed by atoms with Gasteiger partial charge in [-0.1, -0.05) is 12.1 Å². The second kappa shape index (κ2) is 4.47. The molecule has 0 fully saturated rings. The molecule has 0 saturated carbocycles. The highest BCUT2D eigenvalue weighted by atomic mass is 16.1. The van der Waals surface area contributed by atoms with Gasteiger partial charge < -0.3 is 4.90 Å². The number of aryl methyl sites for hydroxylation is 1. The van der Waals surface area contributed by atoms with Crippen molar-refractivity contribution in [3.05, 3.63) is 34.9 Å². The van der Waals surface area contributed by atoms with Crippen molar-refractivity contribution in [2.75, 3.05) is 6.54 Å². The molecule has 0 unspecified atom stereocenters. The molecule has 1 aromatic carbocycles. The van der Waals surface area contributed by atoms with Gasteiger partial charge in [0, 0.05) is 18.7 Å². The number of hydrogen-bond acceptors (Lipinski definition) is 2. The number of hydrogen-bond donors (Lipinski definition) is 0. The van der Waals surface area contributed by atoms with Gasteiger partial charge in [-0.3, -0.25) is 9.59 Å². The van der Waals surface area contributed by atoms with Gasteiger partial charge >= 0.3 is 0 Å². The zero-order valence-corrected chi connectivity index (χ0v) is 9.40. The van der Waals surface area contributed by atoms with E-state index in [-0.39, 0.29) is 5.78 Å². The second-order valence-electron chi connectivity index (χ2n) is 4.22. The Hall–Kier alpha value is -1.64. The third-order valence-electron chi connectivity index (χ3n) is 3.03. The first kappa shape index (κ1) is 10.9. The number of Topliss-reactive ketones (excluding diaryl/α,β-unsaturated/α-hetero) is 1. The van der Waals surface area contributed by atoms with E-state index in [1.54, 1.807) is 11.8 Å². The topological polar surface area (TPSA) is 37.4 Å². The van der Waals surface area contributed by atoms with Crippen LogP contribution in [-0.2, 0) is 17.8 Å². The van der Waals surface area contributed by atoms with Gasteiger partial charge in [-0.05, 0) is 37.0 Å². The largest absolute Gasteiger partial charge is 0.341 e. The van der Waals surface area contributed by atoms with Crippen LogP contribution in [0.3, 0.4) is 0 Å². The second-order valence-corrected chi connectivity index (χ2v) is 4.22. The van der Waals surface area contributed by atoms with Gasteiger partial charge in [0.15, 0.2) is 5.78 Å². The van der Waals surface area contributed by atoms with Crippen LogP contribution in [0, 0.1) is 0 Å². The maximum atomic E-state index is 11.3. The Bertz CT molecular complexity index is 426. The Morgan fingerprint density at radius 1 is 1.38 bits per heavy atom. The Morgan fingerprint density at radius 3 is 2.88 bits per heavy atom. The van der Waals surface area contributed by atoms with Crippen LogP contribution < -0.4 is 0 Å². The normalized spacial score (nSPS) is 15.2. The molecule has 16 heavy (non-hydrogen) atoms.